The van der Waals surface area contributed by atoms with Crippen molar-refractivity contribution in [3.63, 3.8) is 0 Å². The number of benzene rings is 2. The van der Waals surface area contributed by atoms with Crippen LogP contribution in [0.2, 0.25) is 0 Å². The first-order valence-electron chi connectivity index (χ1n) is 8.01. The van der Waals surface area contributed by atoms with Crippen molar-refractivity contribution in [2.75, 3.05) is 0 Å². The van der Waals surface area contributed by atoms with E-state index in [0.29, 0.717) is 0 Å². The molecule has 2 aromatic heterocycles. The number of para-hydroxylation sites is 2. The number of carbonyl (C=O) groups is 1. The fourth-order valence-electron chi connectivity index (χ4n) is 2.77. The molecular formula is C21H16N2OS. The standard InChI is InChI=1S/C21H16N2OS/c1-23-18-10-6-5-9-17(18)22-20(23)14-12-16-11-13-19(25-16)21(24)15-7-3-2-4-8-15/h2-14H,1H3/b14-12+. The number of rotatable bonds is 4. The molecule has 0 aliphatic heterocycles. The molecule has 0 unspecified atom stereocenters. The zero-order chi connectivity index (χ0) is 17.2. The van der Waals surface area contributed by atoms with E-state index in [1.54, 1.807) is 0 Å². The van der Waals surface area contributed by atoms with Gasteiger partial charge in [0.05, 0.1) is 15.9 Å². The van der Waals surface area contributed by atoms with Crippen molar-refractivity contribution >= 4 is 40.3 Å². The first-order chi connectivity index (χ1) is 12.2. The van der Waals surface area contributed by atoms with Crippen molar-refractivity contribution in [2.45, 2.75) is 0 Å². The molecule has 4 heteroatoms. The molecule has 3 nitrogen and oxygen atoms in total. The van der Waals surface area contributed by atoms with E-state index in [4.69, 9.17) is 0 Å². The number of thiophene rings is 1. The smallest absolute Gasteiger partial charge is 0.202 e. The van der Waals surface area contributed by atoms with E-state index in [9.17, 15) is 4.79 Å². The Morgan fingerprint density at radius 2 is 1.72 bits per heavy atom. The highest BCUT2D eigenvalue weighted by Crippen LogP contribution is 2.23. The topological polar surface area (TPSA) is 34.9 Å². The summed E-state index contributed by atoms with van der Waals surface area (Å²) in [6.45, 7) is 0. The molecule has 25 heavy (non-hydrogen) atoms. The number of aryl methyl sites for hydroxylation is 1. The Morgan fingerprint density at radius 1 is 0.960 bits per heavy atom. The largest absolute Gasteiger partial charge is 0.328 e. The number of hydrogen-bond donors (Lipinski definition) is 0. The summed E-state index contributed by atoms with van der Waals surface area (Å²) in [7, 11) is 2.01. The van der Waals surface area contributed by atoms with E-state index in [1.807, 2.05) is 79.9 Å². The molecule has 2 heterocycles. The highest BCUT2D eigenvalue weighted by molar-refractivity contribution is 7.15. The Labute approximate surface area is 149 Å². The number of fused-ring (bicyclic) bond motifs is 1. The molecule has 0 aliphatic carbocycles. The van der Waals surface area contributed by atoms with Gasteiger partial charge in [0.1, 0.15) is 5.82 Å². The van der Waals surface area contributed by atoms with E-state index >= 15 is 0 Å². The molecule has 4 rings (SSSR count). The second-order valence-electron chi connectivity index (χ2n) is 5.75. The lowest BCUT2D eigenvalue weighted by Crippen LogP contribution is -1.97. The number of hydrogen-bond acceptors (Lipinski definition) is 3. The molecule has 0 amide bonds. The van der Waals surface area contributed by atoms with E-state index in [0.717, 1.165) is 32.2 Å². The molecule has 0 saturated heterocycles. The maximum absolute atomic E-state index is 12.5. The summed E-state index contributed by atoms with van der Waals surface area (Å²) < 4.78 is 2.06. The fourth-order valence-corrected chi connectivity index (χ4v) is 3.64. The first kappa shape index (κ1) is 15.5. The Bertz CT molecular complexity index is 1070. The van der Waals surface area contributed by atoms with Gasteiger partial charge in [-0.15, -0.1) is 11.3 Å². The zero-order valence-electron chi connectivity index (χ0n) is 13.7. The van der Waals surface area contributed by atoms with Crippen LogP contribution in [0.1, 0.15) is 25.9 Å². The van der Waals surface area contributed by atoms with Crippen LogP contribution in [0.25, 0.3) is 23.2 Å². The fraction of sp³-hybridized carbons (Fsp3) is 0.0476. The van der Waals surface area contributed by atoms with Crippen molar-refractivity contribution in [1.82, 2.24) is 9.55 Å². The molecule has 4 aromatic rings. The van der Waals surface area contributed by atoms with Gasteiger partial charge in [0, 0.05) is 17.5 Å². The van der Waals surface area contributed by atoms with Gasteiger partial charge in [0.15, 0.2) is 0 Å². The molecule has 0 bridgehead atoms. The van der Waals surface area contributed by atoms with Crippen molar-refractivity contribution in [3.8, 4) is 0 Å². The van der Waals surface area contributed by atoms with Crippen LogP contribution in [0.5, 0.6) is 0 Å². The van der Waals surface area contributed by atoms with Crippen molar-refractivity contribution in [2.24, 2.45) is 7.05 Å². The molecule has 0 aliphatic rings. The Balaban J connectivity index is 1.59. The number of ketones is 1. The van der Waals surface area contributed by atoms with Crippen LogP contribution < -0.4 is 0 Å². The summed E-state index contributed by atoms with van der Waals surface area (Å²) in [4.78, 5) is 18.9. The van der Waals surface area contributed by atoms with Gasteiger partial charge >= 0.3 is 0 Å². The lowest BCUT2D eigenvalue weighted by Gasteiger charge is -1.96. The minimum atomic E-state index is 0.0629. The zero-order valence-corrected chi connectivity index (χ0v) is 14.5. The van der Waals surface area contributed by atoms with Gasteiger partial charge in [0.25, 0.3) is 0 Å². The van der Waals surface area contributed by atoms with Crippen LogP contribution in [-0.2, 0) is 7.05 Å². The number of imidazole rings is 1. The van der Waals surface area contributed by atoms with E-state index < -0.39 is 0 Å². The quantitative estimate of drug-likeness (QED) is 0.486. The Kier molecular flexibility index (Phi) is 4.04. The minimum Gasteiger partial charge on any atom is -0.328 e. The average molecular weight is 344 g/mol. The number of aromatic nitrogens is 2. The van der Waals surface area contributed by atoms with E-state index in [-0.39, 0.29) is 5.78 Å². The van der Waals surface area contributed by atoms with Crippen molar-refractivity contribution in [3.05, 3.63) is 87.9 Å². The second-order valence-corrected chi connectivity index (χ2v) is 6.86. The van der Waals surface area contributed by atoms with Gasteiger partial charge in [-0.2, -0.15) is 0 Å². The maximum atomic E-state index is 12.5. The molecule has 0 saturated carbocycles. The minimum absolute atomic E-state index is 0.0629. The molecule has 122 valence electrons. The Hall–Kier alpha value is -2.98. The molecule has 2 aromatic carbocycles. The van der Waals surface area contributed by atoms with Gasteiger partial charge in [0.2, 0.25) is 5.78 Å². The molecule has 0 N–H and O–H groups in total. The third-order valence-electron chi connectivity index (χ3n) is 4.10. The van der Waals surface area contributed by atoms with Crippen molar-refractivity contribution in [1.29, 1.82) is 0 Å². The van der Waals surface area contributed by atoms with Gasteiger partial charge in [-0.25, -0.2) is 4.98 Å². The van der Waals surface area contributed by atoms with Crippen LogP contribution in [0.4, 0.5) is 0 Å². The van der Waals surface area contributed by atoms with Crippen molar-refractivity contribution < 1.29 is 4.79 Å². The number of carbonyl (C=O) groups excluding carboxylic acids is 1. The molecular weight excluding hydrogens is 328 g/mol. The lowest BCUT2D eigenvalue weighted by atomic mass is 10.1. The van der Waals surface area contributed by atoms with Crippen LogP contribution >= 0.6 is 11.3 Å². The van der Waals surface area contributed by atoms with Crippen LogP contribution in [0.3, 0.4) is 0 Å². The predicted octanol–water partition coefficient (Wildman–Crippen LogP) is 5.04. The lowest BCUT2D eigenvalue weighted by molar-refractivity contribution is 0.104. The summed E-state index contributed by atoms with van der Waals surface area (Å²) in [6.07, 6.45) is 4.00. The van der Waals surface area contributed by atoms with Crippen LogP contribution in [-0.4, -0.2) is 15.3 Å². The SMILES string of the molecule is Cn1c(/C=C/c2ccc(C(=O)c3ccccc3)s2)nc2ccccc21. The maximum Gasteiger partial charge on any atom is 0.202 e. The summed E-state index contributed by atoms with van der Waals surface area (Å²) in [6, 6.07) is 21.3. The monoisotopic (exact) mass is 344 g/mol. The van der Waals surface area contributed by atoms with Gasteiger partial charge in [-0.1, -0.05) is 42.5 Å². The molecule has 0 spiro atoms. The molecule has 0 fully saturated rings. The third kappa shape index (κ3) is 3.04. The van der Waals surface area contributed by atoms with E-state index in [1.165, 1.54) is 11.3 Å². The third-order valence-corrected chi connectivity index (χ3v) is 5.15. The van der Waals surface area contributed by atoms with E-state index in [2.05, 4.69) is 15.6 Å². The summed E-state index contributed by atoms with van der Waals surface area (Å²) in [5.74, 6) is 0.957. The van der Waals surface area contributed by atoms with Crippen LogP contribution in [0, 0.1) is 0 Å². The molecule has 0 atom stereocenters. The Morgan fingerprint density at radius 3 is 2.52 bits per heavy atom. The summed E-state index contributed by atoms with van der Waals surface area (Å²) in [5, 5.41) is 0. The summed E-state index contributed by atoms with van der Waals surface area (Å²) >= 11 is 1.49. The normalized spacial score (nSPS) is 11.4. The highest BCUT2D eigenvalue weighted by Gasteiger charge is 2.11. The average Bonchev–Trinajstić information content (AvgIpc) is 3.25. The van der Waals surface area contributed by atoms with Gasteiger partial charge < -0.3 is 4.57 Å². The van der Waals surface area contributed by atoms with Crippen LogP contribution in [0.15, 0.2) is 66.7 Å². The van der Waals surface area contributed by atoms with Gasteiger partial charge in [-0.05, 0) is 36.4 Å². The molecule has 0 radical (unpaired) electrons. The van der Waals surface area contributed by atoms with Gasteiger partial charge in [-0.3, -0.25) is 4.79 Å². The predicted molar refractivity (Wildman–Crippen MR) is 104 cm³/mol. The number of nitrogens with zero attached hydrogens (tertiary/aromatic N) is 2. The first-order valence-corrected chi connectivity index (χ1v) is 8.83. The summed E-state index contributed by atoms with van der Waals surface area (Å²) in [5.41, 5.74) is 2.80. The highest BCUT2D eigenvalue weighted by atomic mass is 32.1. The second kappa shape index (κ2) is 6.49.